The summed E-state index contributed by atoms with van der Waals surface area (Å²) in [5, 5.41) is 35.8. The maximum absolute atomic E-state index is 9.44. The highest BCUT2D eigenvalue weighted by Crippen LogP contribution is 2.23. The highest BCUT2D eigenvalue weighted by atomic mass is 16.3. The minimum atomic E-state index is 0.0909. The molecule has 0 unspecified atom stereocenters. The summed E-state index contributed by atoms with van der Waals surface area (Å²) < 4.78 is 0. The van der Waals surface area contributed by atoms with Gasteiger partial charge in [-0.2, -0.15) is 0 Å². The zero-order valence-electron chi connectivity index (χ0n) is 16.1. The van der Waals surface area contributed by atoms with Gasteiger partial charge >= 0.3 is 0 Å². The van der Waals surface area contributed by atoms with Crippen LogP contribution >= 0.6 is 0 Å². The SMILES string of the molecule is CCCCC=Cc1ccc(O)cc1O.Oc1ccccc1.Oc1ccccc1. The van der Waals surface area contributed by atoms with Crippen LogP contribution < -0.4 is 0 Å². The second-order valence-corrected chi connectivity index (χ2v) is 5.96. The molecule has 28 heavy (non-hydrogen) atoms. The Morgan fingerprint density at radius 2 is 1.21 bits per heavy atom. The van der Waals surface area contributed by atoms with Crippen LogP contribution in [0, 0.1) is 0 Å². The van der Waals surface area contributed by atoms with Gasteiger partial charge in [0.05, 0.1) is 0 Å². The Bertz CT molecular complexity index is 762. The average molecular weight is 380 g/mol. The van der Waals surface area contributed by atoms with Crippen molar-refractivity contribution in [1.82, 2.24) is 0 Å². The van der Waals surface area contributed by atoms with Crippen molar-refractivity contribution in [2.24, 2.45) is 0 Å². The van der Waals surface area contributed by atoms with E-state index >= 15 is 0 Å². The third-order valence-electron chi connectivity index (χ3n) is 3.55. The fourth-order valence-corrected chi connectivity index (χ4v) is 2.06. The van der Waals surface area contributed by atoms with E-state index < -0.39 is 0 Å². The first-order valence-corrected chi connectivity index (χ1v) is 9.19. The third-order valence-corrected chi connectivity index (χ3v) is 3.55. The molecule has 4 heteroatoms. The number of phenols is 4. The minimum Gasteiger partial charge on any atom is -0.508 e. The molecule has 0 aliphatic rings. The molecular formula is C24H28O4. The lowest BCUT2D eigenvalue weighted by atomic mass is 10.1. The van der Waals surface area contributed by atoms with Gasteiger partial charge in [-0.05, 0) is 42.8 Å². The predicted molar refractivity (Wildman–Crippen MR) is 115 cm³/mol. The van der Waals surface area contributed by atoms with Crippen LogP contribution in [0.2, 0.25) is 0 Å². The van der Waals surface area contributed by atoms with E-state index in [1.54, 1.807) is 60.7 Å². The molecule has 0 saturated carbocycles. The highest BCUT2D eigenvalue weighted by molar-refractivity contribution is 5.58. The molecule has 0 spiro atoms. The van der Waals surface area contributed by atoms with E-state index in [0.717, 1.165) is 18.4 Å². The summed E-state index contributed by atoms with van der Waals surface area (Å²) in [6, 6.07) is 22.0. The van der Waals surface area contributed by atoms with Gasteiger partial charge in [0.1, 0.15) is 23.0 Å². The molecule has 4 N–H and O–H groups in total. The standard InChI is InChI=1S/C12H16O2.2C6H6O/c1-2-3-4-5-6-10-7-8-11(13)9-12(10)14;2*7-6-4-2-1-3-5-6/h5-9,13-14H,2-4H2,1H3;2*1-5,7H. The zero-order chi connectivity index (χ0) is 20.6. The normalized spacial score (nSPS) is 9.75. The Kier molecular flexibility index (Phi) is 11.1. The first-order chi connectivity index (χ1) is 13.5. The minimum absolute atomic E-state index is 0.0909. The van der Waals surface area contributed by atoms with Crippen molar-refractivity contribution in [3.05, 3.63) is 90.5 Å². The van der Waals surface area contributed by atoms with Gasteiger partial charge in [0, 0.05) is 11.6 Å². The lowest BCUT2D eigenvalue weighted by molar-refractivity contribution is 0.449. The Balaban J connectivity index is 0.000000233. The third kappa shape index (κ3) is 10.6. The molecule has 0 radical (unpaired) electrons. The monoisotopic (exact) mass is 380 g/mol. The summed E-state index contributed by atoms with van der Waals surface area (Å²) in [5.41, 5.74) is 0.749. The van der Waals surface area contributed by atoms with Gasteiger partial charge in [0.25, 0.3) is 0 Å². The van der Waals surface area contributed by atoms with E-state index in [4.69, 9.17) is 15.3 Å². The maximum atomic E-state index is 9.44. The van der Waals surface area contributed by atoms with E-state index in [0.29, 0.717) is 11.5 Å². The Hall–Kier alpha value is -3.40. The molecule has 148 valence electrons. The summed E-state index contributed by atoms with van der Waals surface area (Å²) >= 11 is 0. The Morgan fingerprint density at radius 3 is 1.61 bits per heavy atom. The molecule has 0 aliphatic carbocycles. The van der Waals surface area contributed by atoms with E-state index in [-0.39, 0.29) is 11.5 Å². The molecule has 0 heterocycles. The van der Waals surface area contributed by atoms with Crippen molar-refractivity contribution in [2.75, 3.05) is 0 Å². The molecule has 4 nitrogen and oxygen atoms in total. The molecule has 0 atom stereocenters. The molecule has 3 aromatic rings. The summed E-state index contributed by atoms with van der Waals surface area (Å²) in [5.74, 6) is 0.857. The molecule has 3 rings (SSSR count). The van der Waals surface area contributed by atoms with Crippen LogP contribution in [0.5, 0.6) is 23.0 Å². The van der Waals surface area contributed by atoms with Crippen molar-refractivity contribution >= 4 is 6.08 Å². The summed E-state index contributed by atoms with van der Waals surface area (Å²) in [4.78, 5) is 0. The molecule has 0 fully saturated rings. The van der Waals surface area contributed by atoms with Crippen molar-refractivity contribution in [1.29, 1.82) is 0 Å². The number of hydrogen-bond donors (Lipinski definition) is 4. The summed E-state index contributed by atoms with van der Waals surface area (Å²) in [7, 11) is 0. The second-order valence-electron chi connectivity index (χ2n) is 5.96. The van der Waals surface area contributed by atoms with Crippen LogP contribution in [0.15, 0.2) is 84.9 Å². The van der Waals surface area contributed by atoms with Crippen molar-refractivity contribution in [2.45, 2.75) is 26.2 Å². The number of rotatable bonds is 4. The molecule has 0 saturated heterocycles. The number of benzene rings is 3. The Morgan fingerprint density at radius 1 is 0.679 bits per heavy atom. The highest BCUT2D eigenvalue weighted by Gasteiger charge is 1.97. The van der Waals surface area contributed by atoms with Gasteiger partial charge in [0.2, 0.25) is 0 Å². The maximum Gasteiger partial charge on any atom is 0.126 e. The van der Waals surface area contributed by atoms with Gasteiger partial charge < -0.3 is 20.4 Å². The van der Waals surface area contributed by atoms with Crippen LogP contribution in [0.25, 0.3) is 6.08 Å². The molecule has 0 aliphatic heterocycles. The summed E-state index contributed by atoms with van der Waals surface area (Å²) in [6.07, 6.45) is 7.28. The first kappa shape index (κ1) is 22.6. The van der Waals surface area contributed by atoms with E-state index in [2.05, 4.69) is 6.92 Å². The fourth-order valence-electron chi connectivity index (χ4n) is 2.06. The lowest BCUT2D eigenvalue weighted by Crippen LogP contribution is -1.74. The van der Waals surface area contributed by atoms with Crippen LogP contribution in [0.3, 0.4) is 0 Å². The van der Waals surface area contributed by atoms with Crippen LogP contribution in [-0.2, 0) is 0 Å². The smallest absolute Gasteiger partial charge is 0.126 e. The number of allylic oxidation sites excluding steroid dienone is 1. The largest absolute Gasteiger partial charge is 0.508 e. The van der Waals surface area contributed by atoms with Crippen molar-refractivity contribution in [3.63, 3.8) is 0 Å². The van der Waals surface area contributed by atoms with E-state index in [1.807, 2.05) is 24.3 Å². The number of unbranched alkanes of at least 4 members (excludes halogenated alkanes) is 2. The van der Waals surface area contributed by atoms with E-state index in [9.17, 15) is 5.11 Å². The quantitative estimate of drug-likeness (QED) is 0.413. The lowest BCUT2D eigenvalue weighted by Gasteiger charge is -1.99. The average Bonchev–Trinajstić information content (AvgIpc) is 2.69. The van der Waals surface area contributed by atoms with Gasteiger partial charge in [-0.1, -0.05) is 68.3 Å². The van der Waals surface area contributed by atoms with Gasteiger partial charge in [-0.3, -0.25) is 0 Å². The predicted octanol–water partition coefficient (Wildman–Crippen LogP) is 6.09. The van der Waals surface area contributed by atoms with Gasteiger partial charge in [0.15, 0.2) is 0 Å². The molecule has 0 aromatic heterocycles. The van der Waals surface area contributed by atoms with Gasteiger partial charge in [-0.25, -0.2) is 0 Å². The number of para-hydroxylation sites is 2. The molecule has 0 bridgehead atoms. The van der Waals surface area contributed by atoms with Gasteiger partial charge in [-0.15, -0.1) is 0 Å². The van der Waals surface area contributed by atoms with Crippen LogP contribution in [0.1, 0.15) is 31.7 Å². The van der Waals surface area contributed by atoms with Crippen molar-refractivity contribution < 1.29 is 20.4 Å². The second kappa shape index (κ2) is 13.8. The number of aromatic hydroxyl groups is 4. The van der Waals surface area contributed by atoms with Crippen LogP contribution in [0.4, 0.5) is 0 Å². The molecule has 3 aromatic carbocycles. The summed E-state index contributed by atoms with van der Waals surface area (Å²) in [6.45, 7) is 2.14. The number of hydrogen-bond acceptors (Lipinski definition) is 4. The zero-order valence-corrected chi connectivity index (χ0v) is 16.1. The first-order valence-electron chi connectivity index (χ1n) is 9.19. The topological polar surface area (TPSA) is 80.9 Å². The van der Waals surface area contributed by atoms with Crippen LogP contribution in [-0.4, -0.2) is 20.4 Å². The van der Waals surface area contributed by atoms with E-state index in [1.165, 1.54) is 12.5 Å². The number of phenolic OH excluding ortho intramolecular Hbond substituents is 4. The Labute approximate surface area is 166 Å². The fraction of sp³-hybridized carbons (Fsp3) is 0.167. The van der Waals surface area contributed by atoms with Crippen molar-refractivity contribution in [3.8, 4) is 23.0 Å². The molecular weight excluding hydrogens is 352 g/mol. The molecule has 0 amide bonds.